The molecule has 0 bridgehead atoms. The summed E-state index contributed by atoms with van der Waals surface area (Å²) in [4.78, 5) is 10.9. The minimum absolute atomic E-state index is 0.296. The van der Waals surface area contributed by atoms with Crippen LogP contribution in [0.1, 0.15) is 13.8 Å². The second kappa shape index (κ2) is 4.85. The number of hydrogen-bond acceptors (Lipinski definition) is 5. The summed E-state index contributed by atoms with van der Waals surface area (Å²) in [7, 11) is 1.28. The van der Waals surface area contributed by atoms with E-state index < -0.39 is 6.16 Å². The summed E-state index contributed by atoms with van der Waals surface area (Å²) in [5, 5.41) is 5.54. The minimum atomic E-state index is -0.695. The lowest BCUT2D eigenvalue weighted by Crippen LogP contribution is -2.12. The predicted molar refractivity (Wildman–Crippen MR) is 56.1 cm³/mol. The molecule has 0 fully saturated rings. The van der Waals surface area contributed by atoms with Gasteiger partial charge in [0.05, 0.1) is 12.8 Å². The molecule has 78 valence electrons. The Kier molecular flexibility index (Phi) is 3.76. The minimum Gasteiger partial charge on any atom is -0.437 e. The number of carbonyl (C=O) groups is 1. The number of thiophene rings is 1. The molecule has 0 aliphatic rings. The normalized spacial score (nSPS) is 10.0. The first-order valence-corrected chi connectivity index (χ1v) is 5.11. The number of ether oxygens (including phenoxy) is 2. The van der Waals surface area contributed by atoms with Crippen LogP contribution in [0.25, 0.3) is 0 Å². The molecule has 0 spiro atoms. The van der Waals surface area contributed by atoms with E-state index in [9.17, 15) is 4.79 Å². The summed E-state index contributed by atoms with van der Waals surface area (Å²) in [5.41, 5.74) is 0.815. The van der Waals surface area contributed by atoms with Gasteiger partial charge in [-0.25, -0.2) is 4.79 Å². The second-order valence-corrected chi connectivity index (χ2v) is 3.86. The molecule has 1 aromatic rings. The lowest BCUT2D eigenvalue weighted by molar-refractivity contribution is 0.123. The molecule has 0 atom stereocenters. The standard InChI is InChI=1S/C9H13NO3S/c1-6(2)10-7-4-5-14-8(7)13-9(11)12-3/h4-6,10H,1-3H3. The average molecular weight is 215 g/mol. The van der Waals surface area contributed by atoms with E-state index in [1.807, 2.05) is 25.3 Å². The second-order valence-electron chi connectivity index (χ2n) is 2.98. The first kappa shape index (κ1) is 10.8. The Morgan fingerprint density at radius 1 is 1.57 bits per heavy atom. The monoisotopic (exact) mass is 215 g/mol. The van der Waals surface area contributed by atoms with Crippen molar-refractivity contribution in [2.45, 2.75) is 19.9 Å². The smallest absolute Gasteiger partial charge is 0.437 e. The molecule has 5 heteroatoms. The highest BCUT2D eigenvalue weighted by molar-refractivity contribution is 7.12. The van der Waals surface area contributed by atoms with Crippen LogP contribution in [0.4, 0.5) is 10.5 Å². The Morgan fingerprint density at radius 2 is 2.29 bits per heavy atom. The SMILES string of the molecule is COC(=O)Oc1sccc1NC(C)C. The summed E-state index contributed by atoms with van der Waals surface area (Å²) in [5.74, 6) is 0. The van der Waals surface area contributed by atoms with Gasteiger partial charge < -0.3 is 14.8 Å². The largest absolute Gasteiger partial charge is 0.514 e. The van der Waals surface area contributed by atoms with E-state index in [2.05, 4.69) is 10.1 Å². The summed E-state index contributed by atoms with van der Waals surface area (Å²) in [6, 6.07) is 2.16. The van der Waals surface area contributed by atoms with Gasteiger partial charge in [0, 0.05) is 6.04 Å². The van der Waals surface area contributed by atoms with Crippen LogP contribution < -0.4 is 10.1 Å². The molecule has 0 saturated carbocycles. The Hall–Kier alpha value is -1.23. The molecular formula is C9H13NO3S. The van der Waals surface area contributed by atoms with Gasteiger partial charge in [0.2, 0.25) is 5.06 Å². The van der Waals surface area contributed by atoms with Crippen LogP contribution in [0, 0.1) is 0 Å². The Bertz CT molecular complexity index is 309. The number of methoxy groups -OCH3 is 1. The zero-order valence-electron chi connectivity index (χ0n) is 8.37. The van der Waals surface area contributed by atoms with Gasteiger partial charge in [-0.1, -0.05) is 0 Å². The first-order valence-electron chi connectivity index (χ1n) is 4.23. The van der Waals surface area contributed by atoms with Gasteiger partial charge in [-0.3, -0.25) is 0 Å². The summed E-state index contributed by atoms with van der Waals surface area (Å²) >= 11 is 1.35. The molecular weight excluding hydrogens is 202 g/mol. The molecule has 0 saturated heterocycles. The highest BCUT2D eigenvalue weighted by Gasteiger charge is 2.11. The molecule has 0 amide bonds. The Labute approximate surface area is 86.8 Å². The molecule has 1 aromatic heterocycles. The van der Waals surface area contributed by atoms with Crippen LogP contribution >= 0.6 is 11.3 Å². The maximum Gasteiger partial charge on any atom is 0.514 e. The number of hydrogen-bond donors (Lipinski definition) is 1. The molecule has 0 aliphatic carbocycles. The Balaban J connectivity index is 2.67. The number of anilines is 1. The Morgan fingerprint density at radius 3 is 2.86 bits per heavy atom. The van der Waals surface area contributed by atoms with Crippen molar-refractivity contribution in [2.75, 3.05) is 12.4 Å². The van der Waals surface area contributed by atoms with E-state index in [1.165, 1.54) is 18.4 Å². The van der Waals surface area contributed by atoms with Gasteiger partial charge >= 0.3 is 6.16 Å². The molecule has 1 heterocycles. The quantitative estimate of drug-likeness (QED) is 0.787. The third-order valence-electron chi connectivity index (χ3n) is 1.42. The van der Waals surface area contributed by atoms with Crippen LogP contribution in [-0.4, -0.2) is 19.3 Å². The zero-order chi connectivity index (χ0) is 10.6. The molecule has 4 nitrogen and oxygen atoms in total. The zero-order valence-corrected chi connectivity index (χ0v) is 9.18. The number of nitrogens with one attached hydrogen (secondary N) is 1. The molecule has 14 heavy (non-hydrogen) atoms. The van der Waals surface area contributed by atoms with E-state index >= 15 is 0 Å². The van der Waals surface area contributed by atoms with Crippen LogP contribution in [0.15, 0.2) is 11.4 Å². The molecule has 1 rings (SSSR count). The van der Waals surface area contributed by atoms with Crippen molar-refractivity contribution in [2.24, 2.45) is 0 Å². The van der Waals surface area contributed by atoms with Gasteiger partial charge in [0.25, 0.3) is 0 Å². The van der Waals surface area contributed by atoms with Crippen molar-refractivity contribution in [1.29, 1.82) is 0 Å². The van der Waals surface area contributed by atoms with Crippen LogP contribution in [0.5, 0.6) is 5.06 Å². The van der Waals surface area contributed by atoms with Crippen molar-refractivity contribution in [3.63, 3.8) is 0 Å². The summed E-state index contributed by atoms with van der Waals surface area (Å²) in [6.07, 6.45) is -0.695. The summed E-state index contributed by atoms with van der Waals surface area (Å²) in [6.45, 7) is 4.03. The van der Waals surface area contributed by atoms with Gasteiger partial charge in [0.15, 0.2) is 0 Å². The average Bonchev–Trinajstić information content (AvgIpc) is 2.52. The van der Waals surface area contributed by atoms with Crippen molar-refractivity contribution < 1.29 is 14.3 Å². The molecule has 1 N–H and O–H groups in total. The molecule has 0 radical (unpaired) electrons. The lowest BCUT2D eigenvalue weighted by Gasteiger charge is -2.09. The maximum atomic E-state index is 10.9. The number of carbonyl (C=O) groups excluding carboxylic acids is 1. The van der Waals surface area contributed by atoms with Gasteiger partial charge in [0.1, 0.15) is 0 Å². The fourth-order valence-electron chi connectivity index (χ4n) is 0.910. The van der Waals surface area contributed by atoms with E-state index in [1.54, 1.807) is 0 Å². The highest BCUT2D eigenvalue weighted by Crippen LogP contribution is 2.31. The number of rotatable bonds is 3. The van der Waals surface area contributed by atoms with E-state index in [0.717, 1.165) is 5.69 Å². The first-order chi connectivity index (χ1) is 6.63. The van der Waals surface area contributed by atoms with E-state index in [4.69, 9.17) is 4.74 Å². The third kappa shape index (κ3) is 2.92. The maximum absolute atomic E-state index is 10.9. The van der Waals surface area contributed by atoms with Crippen molar-refractivity contribution >= 4 is 23.2 Å². The van der Waals surface area contributed by atoms with Crippen LogP contribution in [0.3, 0.4) is 0 Å². The fraction of sp³-hybridized carbons (Fsp3) is 0.444. The molecule has 0 aliphatic heterocycles. The van der Waals surface area contributed by atoms with E-state index in [-0.39, 0.29) is 0 Å². The van der Waals surface area contributed by atoms with Gasteiger partial charge in [-0.15, -0.1) is 11.3 Å². The molecule has 0 unspecified atom stereocenters. The van der Waals surface area contributed by atoms with Gasteiger partial charge in [-0.2, -0.15) is 0 Å². The highest BCUT2D eigenvalue weighted by atomic mass is 32.1. The van der Waals surface area contributed by atoms with Crippen molar-refractivity contribution in [1.82, 2.24) is 0 Å². The van der Waals surface area contributed by atoms with Crippen molar-refractivity contribution in [3.05, 3.63) is 11.4 Å². The van der Waals surface area contributed by atoms with E-state index in [0.29, 0.717) is 11.1 Å². The topological polar surface area (TPSA) is 47.6 Å². The summed E-state index contributed by atoms with van der Waals surface area (Å²) < 4.78 is 9.33. The predicted octanol–water partition coefficient (Wildman–Crippen LogP) is 2.71. The third-order valence-corrected chi connectivity index (χ3v) is 2.21. The fourth-order valence-corrected chi connectivity index (χ4v) is 1.61. The van der Waals surface area contributed by atoms with Gasteiger partial charge in [-0.05, 0) is 25.3 Å². The van der Waals surface area contributed by atoms with Crippen molar-refractivity contribution in [3.8, 4) is 5.06 Å². The molecule has 0 aromatic carbocycles. The van der Waals surface area contributed by atoms with Crippen LogP contribution in [0.2, 0.25) is 0 Å². The lowest BCUT2D eigenvalue weighted by atomic mass is 10.3. The van der Waals surface area contributed by atoms with Crippen LogP contribution in [-0.2, 0) is 4.74 Å².